The van der Waals surface area contributed by atoms with Crippen LogP contribution in [-0.4, -0.2) is 55.7 Å². The Hall–Kier alpha value is -1.24. The highest BCUT2D eigenvalue weighted by atomic mass is 32.2. The van der Waals surface area contributed by atoms with Gasteiger partial charge in [0.25, 0.3) is 0 Å². The fraction of sp³-hybridized carbons (Fsp3) is 0.562. The molecule has 122 valence electrons. The Morgan fingerprint density at radius 3 is 2.73 bits per heavy atom. The van der Waals surface area contributed by atoms with Crippen LogP contribution in [0.5, 0.6) is 5.75 Å². The van der Waals surface area contributed by atoms with Gasteiger partial charge in [-0.2, -0.15) is 11.8 Å². The molecule has 1 aliphatic rings. The normalized spacial score (nSPS) is 17.0. The number of methoxy groups -OCH3 is 2. The first kappa shape index (κ1) is 17.1. The molecule has 1 aromatic rings. The summed E-state index contributed by atoms with van der Waals surface area (Å²) in [6.07, 6.45) is 0.472. The third-order valence-corrected chi connectivity index (χ3v) is 4.74. The lowest BCUT2D eigenvalue weighted by molar-refractivity contribution is -0.142. The van der Waals surface area contributed by atoms with Crippen LogP contribution in [0.3, 0.4) is 0 Å². The van der Waals surface area contributed by atoms with Gasteiger partial charge < -0.3 is 15.2 Å². The number of hydrogen-bond donors (Lipinski definition) is 1. The number of esters is 1. The van der Waals surface area contributed by atoms with Crippen LogP contribution in [0.25, 0.3) is 0 Å². The van der Waals surface area contributed by atoms with Gasteiger partial charge in [-0.1, -0.05) is 12.1 Å². The Labute approximate surface area is 136 Å². The maximum Gasteiger partial charge on any atom is 0.322 e. The minimum absolute atomic E-state index is 0.384. The molecule has 0 spiro atoms. The molecule has 5 nitrogen and oxygen atoms in total. The van der Waals surface area contributed by atoms with E-state index < -0.39 is 6.04 Å². The van der Waals surface area contributed by atoms with E-state index in [1.54, 1.807) is 7.11 Å². The lowest BCUT2D eigenvalue weighted by Gasteiger charge is -2.27. The lowest BCUT2D eigenvalue weighted by Crippen LogP contribution is -2.34. The molecular weight excluding hydrogens is 300 g/mol. The van der Waals surface area contributed by atoms with Crippen LogP contribution >= 0.6 is 11.8 Å². The maximum absolute atomic E-state index is 11.5. The number of ether oxygens (including phenoxy) is 2. The van der Waals surface area contributed by atoms with E-state index in [0.29, 0.717) is 6.42 Å². The number of thioether (sulfide) groups is 1. The van der Waals surface area contributed by atoms with Crippen molar-refractivity contribution in [2.75, 3.05) is 38.8 Å². The van der Waals surface area contributed by atoms with E-state index in [1.807, 2.05) is 23.9 Å². The van der Waals surface area contributed by atoms with Gasteiger partial charge >= 0.3 is 5.97 Å². The van der Waals surface area contributed by atoms with Crippen molar-refractivity contribution in [2.45, 2.75) is 19.0 Å². The van der Waals surface area contributed by atoms with Gasteiger partial charge in [0.2, 0.25) is 0 Å². The minimum atomic E-state index is -0.627. The standard InChI is InChI=1S/C16H24N2O3S/c1-20-15-4-3-12(10-14(17)16(19)21-2)9-13(15)11-18-5-7-22-8-6-18/h3-4,9,14H,5-8,10-11,17H2,1-2H3. The summed E-state index contributed by atoms with van der Waals surface area (Å²) in [5, 5.41) is 0. The molecule has 0 bridgehead atoms. The smallest absolute Gasteiger partial charge is 0.322 e. The number of hydrogen-bond acceptors (Lipinski definition) is 6. The molecule has 1 fully saturated rings. The Morgan fingerprint density at radius 1 is 1.36 bits per heavy atom. The van der Waals surface area contributed by atoms with E-state index >= 15 is 0 Å². The van der Waals surface area contributed by atoms with Crippen LogP contribution < -0.4 is 10.5 Å². The molecule has 1 heterocycles. The second-order valence-electron chi connectivity index (χ2n) is 5.37. The summed E-state index contributed by atoms with van der Waals surface area (Å²) in [6.45, 7) is 3.06. The first-order chi connectivity index (χ1) is 10.6. The van der Waals surface area contributed by atoms with Gasteiger partial charge in [0.1, 0.15) is 11.8 Å². The first-order valence-corrected chi connectivity index (χ1v) is 8.59. The van der Waals surface area contributed by atoms with Crippen LogP contribution in [0.15, 0.2) is 18.2 Å². The van der Waals surface area contributed by atoms with Crippen LogP contribution in [0.4, 0.5) is 0 Å². The lowest BCUT2D eigenvalue weighted by atomic mass is 10.0. The first-order valence-electron chi connectivity index (χ1n) is 7.43. The van der Waals surface area contributed by atoms with Crippen molar-refractivity contribution >= 4 is 17.7 Å². The average Bonchev–Trinajstić information content (AvgIpc) is 2.55. The average molecular weight is 324 g/mol. The van der Waals surface area contributed by atoms with Gasteiger partial charge in [0, 0.05) is 36.7 Å². The Balaban J connectivity index is 2.09. The number of carbonyl (C=O) groups excluding carboxylic acids is 1. The van der Waals surface area contributed by atoms with Crippen LogP contribution in [-0.2, 0) is 22.5 Å². The number of rotatable bonds is 6. The monoisotopic (exact) mass is 324 g/mol. The molecule has 22 heavy (non-hydrogen) atoms. The van der Waals surface area contributed by atoms with Gasteiger partial charge in [-0.15, -0.1) is 0 Å². The zero-order valence-corrected chi connectivity index (χ0v) is 14.0. The molecule has 2 N–H and O–H groups in total. The molecule has 1 aliphatic heterocycles. The molecule has 2 rings (SSSR count). The van der Waals surface area contributed by atoms with Crippen molar-refractivity contribution in [2.24, 2.45) is 5.73 Å². The largest absolute Gasteiger partial charge is 0.496 e. The molecule has 0 aliphatic carbocycles. The molecule has 1 unspecified atom stereocenters. The van der Waals surface area contributed by atoms with E-state index in [1.165, 1.54) is 18.6 Å². The molecule has 1 atom stereocenters. The number of nitrogens with two attached hydrogens (primary N) is 1. The van der Waals surface area contributed by atoms with Gasteiger partial charge in [-0.05, 0) is 18.1 Å². The van der Waals surface area contributed by atoms with Crippen molar-refractivity contribution in [1.82, 2.24) is 4.90 Å². The maximum atomic E-state index is 11.5. The number of carbonyl (C=O) groups is 1. The van der Waals surface area contributed by atoms with Crippen molar-refractivity contribution in [1.29, 1.82) is 0 Å². The third-order valence-electron chi connectivity index (χ3n) is 3.80. The van der Waals surface area contributed by atoms with Gasteiger partial charge in [-0.3, -0.25) is 9.69 Å². The van der Waals surface area contributed by atoms with Gasteiger partial charge in [0.05, 0.1) is 14.2 Å². The molecule has 0 aromatic heterocycles. The molecule has 1 saturated heterocycles. The third kappa shape index (κ3) is 4.63. The predicted molar refractivity (Wildman–Crippen MR) is 89.3 cm³/mol. The minimum Gasteiger partial charge on any atom is -0.496 e. The van der Waals surface area contributed by atoms with Gasteiger partial charge in [0.15, 0.2) is 0 Å². The quantitative estimate of drug-likeness (QED) is 0.796. The van der Waals surface area contributed by atoms with Gasteiger partial charge in [-0.25, -0.2) is 0 Å². The number of benzene rings is 1. The summed E-state index contributed by atoms with van der Waals surface area (Å²) in [6, 6.07) is 5.37. The topological polar surface area (TPSA) is 64.8 Å². The Bertz CT molecular complexity index is 504. The van der Waals surface area contributed by atoms with Crippen LogP contribution in [0, 0.1) is 0 Å². The summed E-state index contributed by atoms with van der Waals surface area (Å²) < 4.78 is 10.1. The highest BCUT2D eigenvalue weighted by Gasteiger charge is 2.17. The molecule has 0 radical (unpaired) electrons. The fourth-order valence-corrected chi connectivity index (χ4v) is 3.55. The zero-order chi connectivity index (χ0) is 15.9. The highest BCUT2D eigenvalue weighted by molar-refractivity contribution is 7.99. The van der Waals surface area contributed by atoms with E-state index in [-0.39, 0.29) is 5.97 Å². The summed E-state index contributed by atoms with van der Waals surface area (Å²) in [5.41, 5.74) is 8.02. The summed E-state index contributed by atoms with van der Waals surface area (Å²) in [5.74, 6) is 2.85. The molecular formula is C16H24N2O3S. The van der Waals surface area contributed by atoms with Crippen molar-refractivity contribution in [3.8, 4) is 5.75 Å². The zero-order valence-electron chi connectivity index (χ0n) is 13.2. The van der Waals surface area contributed by atoms with Crippen molar-refractivity contribution < 1.29 is 14.3 Å². The summed E-state index contributed by atoms with van der Waals surface area (Å²) in [4.78, 5) is 13.9. The summed E-state index contributed by atoms with van der Waals surface area (Å²) >= 11 is 2.00. The van der Waals surface area contributed by atoms with Crippen molar-refractivity contribution in [3.63, 3.8) is 0 Å². The van der Waals surface area contributed by atoms with E-state index in [2.05, 4.69) is 15.7 Å². The Morgan fingerprint density at radius 2 is 2.09 bits per heavy atom. The van der Waals surface area contributed by atoms with Crippen molar-refractivity contribution in [3.05, 3.63) is 29.3 Å². The SMILES string of the molecule is COC(=O)C(N)Cc1ccc(OC)c(CN2CCSCC2)c1. The number of nitrogens with zero attached hydrogens (tertiary/aromatic N) is 1. The molecule has 0 saturated carbocycles. The van der Waals surface area contributed by atoms with E-state index in [9.17, 15) is 4.79 Å². The fourth-order valence-electron chi connectivity index (χ4n) is 2.57. The van der Waals surface area contributed by atoms with E-state index in [4.69, 9.17) is 10.5 Å². The second-order valence-corrected chi connectivity index (χ2v) is 6.59. The van der Waals surface area contributed by atoms with E-state index in [0.717, 1.165) is 36.5 Å². The molecule has 0 amide bonds. The molecule has 1 aromatic carbocycles. The molecule has 6 heteroatoms. The summed E-state index contributed by atoms with van der Waals surface area (Å²) in [7, 11) is 3.04. The van der Waals surface area contributed by atoms with Crippen LogP contribution in [0.1, 0.15) is 11.1 Å². The predicted octanol–water partition coefficient (Wildman–Crippen LogP) is 1.29. The second kappa shape index (κ2) is 8.41. The highest BCUT2D eigenvalue weighted by Crippen LogP contribution is 2.23. The Kier molecular flexibility index (Phi) is 6.54. The van der Waals surface area contributed by atoms with Crippen LogP contribution in [0.2, 0.25) is 0 Å².